The number of hydrogen-bond donors (Lipinski definition) is 0. The van der Waals surface area contributed by atoms with Crippen LogP contribution in [0.3, 0.4) is 0 Å². The summed E-state index contributed by atoms with van der Waals surface area (Å²) in [5.74, 6) is 0.869. The highest BCUT2D eigenvalue weighted by molar-refractivity contribution is 6.30. The van der Waals surface area contributed by atoms with Gasteiger partial charge in [0, 0.05) is 36.9 Å². The summed E-state index contributed by atoms with van der Waals surface area (Å²) < 4.78 is 0. The van der Waals surface area contributed by atoms with Crippen LogP contribution in [0.4, 0.5) is 5.69 Å². The van der Waals surface area contributed by atoms with E-state index in [1.807, 2.05) is 12.1 Å². The topological polar surface area (TPSA) is 9.72 Å². The van der Waals surface area contributed by atoms with Crippen molar-refractivity contribution in [3.8, 4) is 0 Å². The molecule has 156 valence electrons. The Labute approximate surface area is 181 Å². The van der Waals surface area contributed by atoms with Gasteiger partial charge in [-0.1, -0.05) is 48.0 Å². The summed E-state index contributed by atoms with van der Waals surface area (Å²) in [6, 6.07) is 19.2. The Morgan fingerprint density at radius 2 is 1.45 bits per heavy atom. The Kier molecular flexibility index (Phi) is 7.48. The van der Waals surface area contributed by atoms with E-state index in [-0.39, 0.29) is 0 Å². The van der Waals surface area contributed by atoms with Crippen LogP contribution in [-0.4, -0.2) is 62.2 Å². The van der Waals surface area contributed by atoms with Crippen LogP contribution in [0.15, 0.2) is 54.6 Å². The number of benzene rings is 2. The van der Waals surface area contributed by atoms with Crippen LogP contribution in [0.5, 0.6) is 0 Å². The highest BCUT2D eigenvalue weighted by atomic mass is 35.5. The molecule has 2 aliphatic heterocycles. The molecule has 2 aromatic rings. The largest absolute Gasteiger partial charge is 0.369 e. The van der Waals surface area contributed by atoms with E-state index in [0.29, 0.717) is 0 Å². The molecule has 0 saturated carbocycles. The molecule has 0 unspecified atom stereocenters. The fraction of sp³-hybridized carbons (Fsp3) is 0.520. The first-order valence-electron chi connectivity index (χ1n) is 11.3. The number of piperazine rings is 1. The molecule has 0 bridgehead atoms. The number of piperidine rings is 1. The molecule has 4 rings (SSSR count). The number of rotatable bonds is 7. The molecule has 0 aliphatic carbocycles. The third kappa shape index (κ3) is 6.21. The lowest BCUT2D eigenvalue weighted by Gasteiger charge is -2.37. The quantitative estimate of drug-likeness (QED) is 0.647. The van der Waals surface area contributed by atoms with E-state index in [0.717, 1.165) is 37.1 Å². The molecule has 2 fully saturated rings. The maximum absolute atomic E-state index is 6.14. The summed E-state index contributed by atoms with van der Waals surface area (Å²) in [4.78, 5) is 7.77. The van der Waals surface area contributed by atoms with E-state index in [1.165, 1.54) is 63.1 Å². The molecular weight excluding hydrogens is 378 g/mol. The van der Waals surface area contributed by atoms with E-state index in [4.69, 9.17) is 11.6 Å². The number of halogens is 1. The van der Waals surface area contributed by atoms with Gasteiger partial charge in [0.15, 0.2) is 0 Å². The van der Waals surface area contributed by atoms with E-state index in [2.05, 4.69) is 57.2 Å². The van der Waals surface area contributed by atoms with Gasteiger partial charge in [0.05, 0.1) is 0 Å². The van der Waals surface area contributed by atoms with E-state index >= 15 is 0 Å². The average molecular weight is 412 g/mol. The first kappa shape index (κ1) is 20.7. The summed E-state index contributed by atoms with van der Waals surface area (Å²) >= 11 is 6.14. The second-order valence-corrected chi connectivity index (χ2v) is 9.07. The van der Waals surface area contributed by atoms with Gasteiger partial charge in [0.25, 0.3) is 0 Å². The zero-order chi connectivity index (χ0) is 19.9. The summed E-state index contributed by atoms with van der Waals surface area (Å²) in [5, 5.41) is 0.831. The zero-order valence-electron chi connectivity index (χ0n) is 17.5. The molecule has 3 nitrogen and oxygen atoms in total. The van der Waals surface area contributed by atoms with Crippen LogP contribution in [0.25, 0.3) is 0 Å². The smallest absolute Gasteiger partial charge is 0.0426 e. The van der Waals surface area contributed by atoms with Gasteiger partial charge in [-0.3, -0.25) is 4.90 Å². The normalized spacial score (nSPS) is 19.6. The second-order valence-electron chi connectivity index (χ2n) is 8.64. The van der Waals surface area contributed by atoms with E-state index < -0.39 is 0 Å². The molecule has 2 saturated heterocycles. The van der Waals surface area contributed by atoms with E-state index in [9.17, 15) is 0 Å². The third-order valence-corrected chi connectivity index (χ3v) is 6.80. The molecule has 0 amide bonds. The third-order valence-electron chi connectivity index (χ3n) is 6.57. The van der Waals surface area contributed by atoms with Gasteiger partial charge in [-0.15, -0.1) is 0 Å². The molecule has 0 spiro atoms. The predicted octanol–water partition coefficient (Wildman–Crippen LogP) is 4.81. The molecular formula is C25H34ClN3. The highest BCUT2D eigenvalue weighted by Crippen LogP contribution is 2.22. The number of likely N-dealkylation sites (tertiary alicyclic amines) is 1. The van der Waals surface area contributed by atoms with Crippen LogP contribution < -0.4 is 4.90 Å². The van der Waals surface area contributed by atoms with Crippen LogP contribution in [0.2, 0.25) is 5.02 Å². The molecule has 0 radical (unpaired) electrons. The number of nitrogens with zero attached hydrogens (tertiary/aromatic N) is 3. The number of anilines is 1. The van der Waals surface area contributed by atoms with Gasteiger partial charge in [-0.2, -0.15) is 0 Å². The SMILES string of the molecule is Clc1cccc(N2CCN(CCCN3CCC(Cc4ccccc4)CC3)CC2)c1. The van der Waals surface area contributed by atoms with Crippen molar-refractivity contribution in [1.82, 2.24) is 9.80 Å². The fourth-order valence-electron chi connectivity index (χ4n) is 4.78. The predicted molar refractivity (Wildman–Crippen MR) is 124 cm³/mol. The maximum Gasteiger partial charge on any atom is 0.0426 e. The molecule has 2 heterocycles. The van der Waals surface area contributed by atoms with Gasteiger partial charge in [0.2, 0.25) is 0 Å². The van der Waals surface area contributed by atoms with Crippen molar-refractivity contribution in [2.75, 3.05) is 57.3 Å². The highest BCUT2D eigenvalue weighted by Gasteiger charge is 2.20. The van der Waals surface area contributed by atoms with Gasteiger partial charge in [-0.05, 0) is 81.5 Å². The standard InChI is InChI=1S/C25H34ClN3/c26-24-8-4-9-25(21-24)29-18-16-28(17-19-29)13-5-12-27-14-10-23(11-15-27)20-22-6-2-1-3-7-22/h1-4,6-9,21,23H,5,10-20H2. The minimum Gasteiger partial charge on any atom is -0.369 e. The minimum absolute atomic E-state index is 0.831. The fourth-order valence-corrected chi connectivity index (χ4v) is 4.97. The van der Waals surface area contributed by atoms with Gasteiger partial charge >= 0.3 is 0 Å². The van der Waals surface area contributed by atoms with Crippen molar-refractivity contribution in [2.45, 2.75) is 25.7 Å². The van der Waals surface area contributed by atoms with Crippen molar-refractivity contribution in [2.24, 2.45) is 5.92 Å². The van der Waals surface area contributed by atoms with Gasteiger partial charge < -0.3 is 9.80 Å². The molecule has 0 N–H and O–H groups in total. The van der Waals surface area contributed by atoms with Crippen molar-refractivity contribution >= 4 is 17.3 Å². The zero-order valence-corrected chi connectivity index (χ0v) is 18.2. The maximum atomic E-state index is 6.14. The molecule has 0 atom stereocenters. The lowest BCUT2D eigenvalue weighted by molar-refractivity contribution is 0.169. The average Bonchev–Trinajstić information content (AvgIpc) is 2.76. The van der Waals surface area contributed by atoms with Crippen molar-refractivity contribution < 1.29 is 0 Å². The molecule has 4 heteroatoms. The Morgan fingerprint density at radius 1 is 0.759 bits per heavy atom. The van der Waals surface area contributed by atoms with E-state index in [1.54, 1.807) is 0 Å². The Balaban J connectivity index is 1.11. The van der Waals surface area contributed by atoms with Crippen LogP contribution >= 0.6 is 11.6 Å². The molecule has 2 aromatic carbocycles. The van der Waals surface area contributed by atoms with Crippen molar-refractivity contribution in [3.63, 3.8) is 0 Å². The van der Waals surface area contributed by atoms with Crippen LogP contribution in [0, 0.1) is 5.92 Å². The number of hydrogen-bond acceptors (Lipinski definition) is 3. The lowest BCUT2D eigenvalue weighted by atomic mass is 9.90. The first-order chi connectivity index (χ1) is 14.3. The molecule has 0 aromatic heterocycles. The Morgan fingerprint density at radius 3 is 2.14 bits per heavy atom. The van der Waals surface area contributed by atoms with Crippen LogP contribution in [0.1, 0.15) is 24.8 Å². The summed E-state index contributed by atoms with van der Waals surface area (Å²) in [6.07, 6.45) is 5.26. The first-order valence-corrected chi connectivity index (χ1v) is 11.6. The monoisotopic (exact) mass is 411 g/mol. The summed E-state index contributed by atoms with van der Waals surface area (Å²) in [7, 11) is 0. The Bertz CT molecular complexity index is 735. The molecule has 29 heavy (non-hydrogen) atoms. The summed E-state index contributed by atoms with van der Waals surface area (Å²) in [5.41, 5.74) is 2.76. The second kappa shape index (κ2) is 10.5. The molecule has 2 aliphatic rings. The minimum atomic E-state index is 0.831. The lowest BCUT2D eigenvalue weighted by Crippen LogP contribution is -2.47. The van der Waals surface area contributed by atoms with Crippen molar-refractivity contribution in [3.05, 3.63) is 65.2 Å². The summed E-state index contributed by atoms with van der Waals surface area (Å²) in [6.45, 7) is 9.56. The van der Waals surface area contributed by atoms with Crippen LogP contribution in [-0.2, 0) is 6.42 Å². The van der Waals surface area contributed by atoms with Gasteiger partial charge in [0.1, 0.15) is 0 Å². The van der Waals surface area contributed by atoms with Crippen molar-refractivity contribution in [1.29, 1.82) is 0 Å². The Hall–Kier alpha value is -1.55. The van der Waals surface area contributed by atoms with Gasteiger partial charge in [-0.25, -0.2) is 0 Å².